The van der Waals surface area contributed by atoms with Crippen molar-refractivity contribution in [1.29, 1.82) is 0 Å². The molecular formula is C15H22ClNO. The van der Waals surface area contributed by atoms with E-state index in [0.29, 0.717) is 0 Å². The average Bonchev–Trinajstić information content (AvgIpc) is 2.67. The topological polar surface area (TPSA) is 12.5 Å². The van der Waals surface area contributed by atoms with Crippen LogP contribution in [0.2, 0.25) is 0 Å². The number of rotatable bonds is 5. The zero-order chi connectivity index (χ0) is 13.1. The second kappa shape index (κ2) is 5.94. The Morgan fingerprint density at radius 2 is 2.28 bits per heavy atom. The highest BCUT2D eigenvalue weighted by atomic mass is 35.5. The van der Waals surface area contributed by atoms with E-state index >= 15 is 0 Å². The summed E-state index contributed by atoms with van der Waals surface area (Å²) in [4.78, 5) is 2.31. The number of fused-ring (bicyclic) bond motifs is 1. The third kappa shape index (κ3) is 3.63. The van der Waals surface area contributed by atoms with Crippen molar-refractivity contribution in [3.63, 3.8) is 0 Å². The van der Waals surface area contributed by atoms with Gasteiger partial charge in [-0.25, -0.2) is 0 Å². The molecule has 1 heterocycles. The summed E-state index contributed by atoms with van der Waals surface area (Å²) in [5.74, 6) is 1.06. The Kier molecular flexibility index (Phi) is 4.52. The van der Waals surface area contributed by atoms with E-state index < -0.39 is 0 Å². The smallest absolute Gasteiger partial charge is 0.123 e. The zero-order valence-electron chi connectivity index (χ0n) is 11.4. The van der Waals surface area contributed by atoms with Gasteiger partial charge in [0.15, 0.2) is 0 Å². The van der Waals surface area contributed by atoms with Gasteiger partial charge in [-0.1, -0.05) is 17.7 Å². The lowest BCUT2D eigenvalue weighted by Gasteiger charge is -2.21. The summed E-state index contributed by atoms with van der Waals surface area (Å²) in [7, 11) is 2.14. The lowest BCUT2D eigenvalue weighted by Crippen LogP contribution is -2.33. The largest absolute Gasteiger partial charge is 0.488 e. The highest BCUT2D eigenvalue weighted by Gasteiger charge is 2.23. The van der Waals surface area contributed by atoms with Gasteiger partial charge >= 0.3 is 0 Å². The van der Waals surface area contributed by atoms with Gasteiger partial charge in [-0.2, -0.15) is 0 Å². The van der Waals surface area contributed by atoms with Crippen LogP contribution in [-0.2, 0) is 6.42 Å². The number of benzene rings is 1. The minimum Gasteiger partial charge on any atom is -0.488 e. The second-order valence-electron chi connectivity index (χ2n) is 5.39. The van der Waals surface area contributed by atoms with Crippen LogP contribution in [0.5, 0.6) is 5.75 Å². The fourth-order valence-corrected chi connectivity index (χ4v) is 2.49. The van der Waals surface area contributed by atoms with Crippen molar-refractivity contribution < 1.29 is 4.74 Å². The van der Waals surface area contributed by atoms with Crippen LogP contribution < -0.4 is 4.74 Å². The first kappa shape index (κ1) is 13.7. The molecule has 0 aromatic heterocycles. The molecule has 2 atom stereocenters. The Balaban J connectivity index is 1.84. The monoisotopic (exact) mass is 267 g/mol. The van der Waals surface area contributed by atoms with Gasteiger partial charge in [-0.05, 0) is 45.5 Å². The second-order valence-corrected chi connectivity index (χ2v) is 6.13. The van der Waals surface area contributed by atoms with Gasteiger partial charge in [0.05, 0.1) is 0 Å². The molecule has 3 heteroatoms. The van der Waals surface area contributed by atoms with Crippen LogP contribution in [0.25, 0.3) is 0 Å². The van der Waals surface area contributed by atoms with Crippen molar-refractivity contribution in [2.24, 2.45) is 0 Å². The molecule has 0 aliphatic carbocycles. The quantitative estimate of drug-likeness (QED) is 0.760. The molecule has 0 spiro atoms. The summed E-state index contributed by atoms with van der Waals surface area (Å²) < 4.78 is 5.96. The lowest BCUT2D eigenvalue weighted by molar-refractivity contribution is 0.168. The molecule has 0 saturated heterocycles. The van der Waals surface area contributed by atoms with Gasteiger partial charge in [0.2, 0.25) is 0 Å². The molecule has 0 bridgehead atoms. The molecule has 0 N–H and O–H groups in total. The van der Waals surface area contributed by atoms with Crippen molar-refractivity contribution in [1.82, 2.24) is 4.90 Å². The van der Waals surface area contributed by atoms with Crippen LogP contribution in [-0.4, -0.2) is 36.5 Å². The van der Waals surface area contributed by atoms with Gasteiger partial charge in [0.25, 0.3) is 0 Å². The van der Waals surface area contributed by atoms with Crippen LogP contribution >= 0.6 is 11.6 Å². The minimum atomic E-state index is 0.247. The number of aryl methyl sites for hydroxylation is 1. The third-order valence-electron chi connectivity index (χ3n) is 3.38. The number of alkyl halides is 1. The highest BCUT2D eigenvalue weighted by molar-refractivity contribution is 6.20. The Hall–Kier alpha value is -0.730. The van der Waals surface area contributed by atoms with E-state index in [4.69, 9.17) is 16.3 Å². The normalized spacial score (nSPS) is 19.7. The molecule has 1 aromatic carbocycles. The maximum Gasteiger partial charge on any atom is 0.123 e. The van der Waals surface area contributed by atoms with E-state index in [9.17, 15) is 0 Å². The van der Waals surface area contributed by atoms with E-state index in [2.05, 4.69) is 37.1 Å². The SMILES string of the molecule is Cc1ccc2c(c1)CC(CN(C)CCC(C)Cl)O2. The summed E-state index contributed by atoms with van der Waals surface area (Å²) in [6.07, 6.45) is 2.34. The van der Waals surface area contributed by atoms with Gasteiger partial charge < -0.3 is 9.64 Å². The van der Waals surface area contributed by atoms with E-state index in [1.54, 1.807) is 0 Å². The van der Waals surface area contributed by atoms with Gasteiger partial charge in [-0.3, -0.25) is 0 Å². The Bertz CT molecular complexity index is 405. The molecule has 1 aromatic rings. The molecule has 0 amide bonds. The molecule has 0 saturated carbocycles. The first-order valence-corrected chi connectivity index (χ1v) is 7.07. The van der Waals surface area contributed by atoms with E-state index in [0.717, 1.165) is 31.7 Å². The average molecular weight is 268 g/mol. The van der Waals surface area contributed by atoms with Crippen molar-refractivity contribution in [2.75, 3.05) is 20.1 Å². The number of ether oxygens (including phenoxy) is 1. The number of halogens is 1. The lowest BCUT2D eigenvalue weighted by atomic mass is 10.1. The number of likely N-dealkylation sites (N-methyl/N-ethyl adjacent to an activating group) is 1. The van der Waals surface area contributed by atoms with Crippen LogP contribution in [0.1, 0.15) is 24.5 Å². The van der Waals surface area contributed by atoms with Gasteiger partial charge in [0.1, 0.15) is 11.9 Å². The van der Waals surface area contributed by atoms with Gasteiger partial charge in [0, 0.05) is 18.3 Å². The molecule has 2 rings (SSSR count). The van der Waals surface area contributed by atoms with Crippen molar-refractivity contribution in [3.05, 3.63) is 29.3 Å². The predicted octanol–water partition coefficient (Wildman–Crippen LogP) is 3.25. The highest BCUT2D eigenvalue weighted by Crippen LogP contribution is 2.29. The molecule has 1 aliphatic rings. The van der Waals surface area contributed by atoms with E-state index in [-0.39, 0.29) is 11.5 Å². The van der Waals surface area contributed by atoms with Crippen LogP contribution in [0.15, 0.2) is 18.2 Å². The van der Waals surface area contributed by atoms with E-state index in [1.165, 1.54) is 11.1 Å². The summed E-state index contributed by atoms with van der Waals surface area (Å²) in [6, 6.07) is 6.43. The van der Waals surface area contributed by atoms with Crippen molar-refractivity contribution in [3.8, 4) is 5.75 Å². The molecular weight excluding hydrogens is 246 g/mol. The molecule has 1 aliphatic heterocycles. The van der Waals surface area contributed by atoms with Crippen LogP contribution in [0.4, 0.5) is 0 Å². The van der Waals surface area contributed by atoms with Crippen molar-refractivity contribution >= 4 is 11.6 Å². The molecule has 0 fully saturated rings. The predicted molar refractivity (Wildman–Crippen MR) is 76.7 cm³/mol. The Morgan fingerprint density at radius 1 is 1.50 bits per heavy atom. The van der Waals surface area contributed by atoms with Crippen LogP contribution in [0.3, 0.4) is 0 Å². The summed E-state index contributed by atoms with van der Waals surface area (Å²) in [5, 5.41) is 0.247. The van der Waals surface area contributed by atoms with Crippen molar-refractivity contribution in [2.45, 2.75) is 38.2 Å². The maximum absolute atomic E-state index is 5.97. The van der Waals surface area contributed by atoms with E-state index in [1.807, 2.05) is 6.92 Å². The molecule has 2 unspecified atom stereocenters. The molecule has 2 nitrogen and oxygen atoms in total. The molecule has 0 radical (unpaired) electrons. The first-order valence-electron chi connectivity index (χ1n) is 6.63. The van der Waals surface area contributed by atoms with Gasteiger partial charge in [-0.15, -0.1) is 11.6 Å². The summed E-state index contributed by atoms with van der Waals surface area (Å²) in [6.45, 7) is 6.17. The first-order chi connectivity index (χ1) is 8.54. The standard InChI is InChI=1S/C15H22ClNO/c1-11-4-5-15-13(8-11)9-14(18-15)10-17(3)7-6-12(2)16/h4-5,8,12,14H,6-7,9-10H2,1-3H3. The fourth-order valence-electron chi connectivity index (χ4n) is 2.39. The molecule has 18 heavy (non-hydrogen) atoms. The maximum atomic E-state index is 5.97. The summed E-state index contributed by atoms with van der Waals surface area (Å²) in [5.41, 5.74) is 2.65. The summed E-state index contributed by atoms with van der Waals surface area (Å²) >= 11 is 5.97. The Labute approximate surface area is 115 Å². The minimum absolute atomic E-state index is 0.247. The zero-order valence-corrected chi connectivity index (χ0v) is 12.2. The number of hydrogen-bond acceptors (Lipinski definition) is 2. The Morgan fingerprint density at radius 3 is 3.00 bits per heavy atom. The number of hydrogen-bond donors (Lipinski definition) is 0. The third-order valence-corrected chi connectivity index (χ3v) is 3.60. The molecule has 100 valence electrons. The number of nitrogens with zero attached hydrogens (tertiary/aromatic N) is 1. The fraction of sp³-hybridized carbons (Fsp3) is 0.600. The van der Waals surface area contributed by atoms with Crippen LogP contribution in [0, 0.1) is 6.92 Å².